The molecule has 0 radical (unpaired) electrons. The molecule has 1 aromatic heterocycles. The molecule has 0 saturated heterocycles. The highest BCUT2D eigenvalue weighted by Gasteiger charge is 2.02. The molecule has 20 heavy (non-hydrogen) atoms. The molecule has 0 saturated carbocycles. The van der Waals surface area contributed by atoms with E-state index >= 15 is 0 Å². The summed E-state index contributed by atoms with van der Waals surface area (Å²) >= 11 is 0. The van der Waals surface area contributed by atoms with Crippen molar-refractivity contribution in [1.82, 2.24) is 10.2 Å². The van der Waals surface area contributed by atoms with Crippen molar-refractivity contribution < 1.29 is 5.11 Å². The maximum atomic E-state index is 8.75. The monoisotopic (exact) mass is 265 g/mol. The van der Waals surface area contributed by atoms with Gasteiger partial charge in [-0.05, 0) is 29.0 Å². The van der Waals surface area contributed by atoms with Crippen molar-refractivity contribution in [2.24, 2.45) is 0 Å². The molecular weight excluding hydrogens is 250 g/mol. The average molecular weight is 265 g/mol. The standard InChI is InChI=1S/C16H15N3O/c20-10-9-17-16-8-7-15(18-19-16)14-6-5-12-3-1-2-4-13(12)11-14/h1-8,11,20H,9-10H2,(H,17,19). The van der Waals surface area contributed by atoms with Crippen LogP contribution in [0.15, 0.2) is 54.6 Å². The Hall–Kier alpha value is -2.46. The molecule has 0 atom stereocenters. The molecule has 3 aromatic rings. The number of fused-ring (bicyclic) bond motifs is 1. The molecule has 3 rings (SSSR count). The van der Waals surface area contributed by atoms with Crippen molar-refractivity contribution in [2.75, 3.05) is 18.5 Å². The second kappa shape index (κ2) is 5.67. The number of aromatic nitrogens is 2. The van der Waals surface area contributed by atoms with E-state index in [1.54, 1.807) is 0 Å². The lowest BCUT2D eigenvalue weighted by Gasteiger charge is -2.05. The maximum Gasteiger partial charge on any atom is 0.148 e. The van der Waals surface area contributed by atoms with E-state index in [1.807, 2.05) is 30.3 Å². The Morgan fingerprint density at radius 1 is 0.900 bits per heavy atom. The first-order valence-corrected chi connectivity index (χ1v) is 6.54. The van der Waals surface area contributed by atoms with Gasteiger partial charge in [-0.2, -0.15) is 0 Å². The molecule has 4 nitrogen and oxygen atoms in total. The Morgan fingerprint density at radius 3 is 2.50 bits per heavy atom. The molecule has 100 valence electrons. The minimum absolute atomic E-state index is 0.0775. The summed E-state index contributed by atoms with van der Waals surface area (Å²) in [6.07, 6.45) is 0. The molecule has 4 heteroatoms. The van der Waals surface area contributed by atoms with Crippen LogP contribution in [-0.4, -0.2) is 28.5 Å². The van der Waals surface area contributed by atoms with Gasteiger partial charge < -0.3 is 10.4 Å². The number of aliphatic hydroxyl groups is 1. The summed E-state index contributed by atoms with van der Waals surface area (Å²) in [5.41, 5.74) is 1.88. The summed E-state index contributed by atoms with van der Waals surface area (Å²) in [5, 5.41) is 22.4. The molecule has 2 N–H and O–H groups in total. The lowest BCUT2D eigenvalue weighted by atomic mass is 10.1. The fraction of sp³-hybridized carbons (Fsp3) is 0.125. The number of nitrogens with one attached hydrogen (secondary N) is 1. The van der Waals surface area contributed by atoms with Gasteiger partial charge in [-0.25, -0.2) is 0 Å². The Labute approximate surface area is 117 Å². The van der Waals surface area contributed by atoms with Gasteiger partial charge in [0.25, 0.3) is 0 Å². The number of hydrogen-bond acceptors (Lipinski definition) is 4. The highest BCUT2D eigenvalue weighted by Crippen LogP contribution is 2.22. The summed E-state index contributed by atoms with van der Waals surface area (Å²) in [5.74, 6) is 0.670. The van der Waals surface area contributed by atoms with Crippen molar-refractivity contribution in [3.8, 4) is 11.3 Å². The van der Waals surface area contributed by atoms with E-state index in [0.29, 0.717) is 12.4 Å². The zero-order valence-electron chi connectivity index (χ0n) is 11.0. The van der Waals surface area contributed by atoms with E-state index in [9.17, 15) is 0 Å². The smallest absolute Gasteiger partial charge is 0.148 e. The summed E-state index contributed by atoms with van der Waals surface area (Å²) in [6, 6.07) is 18.3. The van der Waals surface area contributed by atoms with Gasteiger partial charge in [0, 0.05) is 12.1 Å². The fourth-order valence-electron chi connectivity index (χ4n) is 2.11. The second-order valence-electron chi connectivity index (χ2n) is 4.52. The highest BCUT2D eigenvalue weighted by atomic mass is 16.3. The lowest BCUT2D eigenvalue weighted by Crippen LogP contribution is -2.07. The average Bonchev–Trinajstić information content (AvgIpc) is 2.53. The van der Waals surface area contributed by atoms with E-state index in [2.05, 4.69) is 39.8 Å². The topological polar surface area (TPSA) is 58.0 Å². The third-order valence-corrected chi connectivity index (χ3v) is 3.13. The van der Waals surface area contributed by atoms with Crippen molar-refractivity contribution in [3.63, 3.8) is 0 Å². The maximum absolute atomic E-state index is 8.75. The number of nitrogens with zero attached hydrogens (tertiary/aromatic N) is 2. The number of rotatable bonds is 4. The number of anilines is 1. The van der Waals surface area contributed by atoms with Gasteiger partial charge in [-0.15, -0.1) is 10.2 Å². The van der Waals surface area contributed by atoms with Crippen molar-refractivity contribution in [3.05, 3.63) is 54.6 Å². The minimum atomic E-state index is 0.0775. The van der Waals surface area contributed by atoms with Crippen molar-refractivity contribution in [1.29, 1.82) is 0 Å². The third kappa shape index (κ3) is 2.60. The summed E-state index contributed by atoms with van der Waals surface area (Å²) < 4.78 is 0. The number of aliphatic hydroxyl groups excluding tert-OH is 1. The van der Waals surface area contributed by atoms with Crippen LogP contribution in [0.5, 0.6) is 0 Å². The zero-order valence-corrected chi connectivity index (χ0v) is 11.0. The van der Waals surface area contributed by atoms with Crippen LogP contribution in [0.25, 0.3) is 22.0 Å². The Bertz CT molecular complexity index is 710. The van der Waals surface area contributed by atoms with E-state index in [0.717, 1.165) is 11.3 Å². The molecule has 0 bridgehead atoms. The lowest BCUT2D eigenvalue weighted by molar-refractivity contribution is 0.311. The SMILES string of the molecule is OCCNc1ccc(-c2ccc3ccccc3c2)nn1. The molecule has 0 aliphatic heterocycles. The van der Waals surface area contributed by atoms with E-state index in [1.165, 1.54) is 10.8 Å². The molecule has 0 unspecified atom stereocenters. The van der Waals surface area contributed by atoms with Gasteiger partial charge in [-0.1, -0.05) is 36.4 Å². The normalized spacial score (nSPS) is 10.7. The minimum Gasteiger partial charge on any atom is -0.395 e. The first-order valence-electron chi connectivity index (χ1n) is 6.54. The predicted molar refractivity (Wildman–Crippen MR) is 80.5 cm³/mol. The van der Waals surface area contributed by atoms with Crippen LogP contribution >= 0.6 is 0 Å². The predicted octanol–water partition coefficient (Wildman–Crippen LogP) is 2.70. The van der Waals surface area contributed by atoms with Crippen molar-refractivity contribution >= 4 is 16.6 Å². The van der Waals surface area contributed by atoms with Crippen LogP contribution in [0.1, 0.15) is 0 Å². The Morgan fingerprint density at radius 2 is 1.75 bits per heavy atom. The number of benzene rings is 2. The van der Waals surface area contributed by atoms with Crippen molar-refractivity contribution in [2.45, 2.75) is 0 Å². The van der Waals surface area contributed by atoms with Gasteiger partial charge in [0.15, 0.2) is 0 Å². The molecule has 0 fully saturated rings. The number of hydrogen-bond donors (Lipinski definition) is 2. The Kier molecular flexibility index (Phi) is 3.56. The van der Waals surface area contributed by atoms with Crippen LogP contribution < -0.4 is 5.32 Å². The van der Waals surface area contributed by atoms with E-state index < -0.39 is 0 Å². The van der Waals surface area contributed by atoms with Gasteiger partial charge in [0.05, 0.1) is 12.3 Å². The Balaban J connectivity index is 1.90. The van der Waals surface area contributed by atoms with Crippen LogP contribution in [0, 0.1) is 0 Å². The van der Waals surface area contributed by atoms with Crippen LogP contribution in [0.2, 0.25) is 0 Å². The van der Waals surface area contributed by atoms with Gasteiger partial charge in [-0.3, -0.25) is 0 Å². The fourth-order valence-corrected chi connectivity index (χ4v) is 2.11. The summed E-state index contributed by atoms with van der Waals surface area (Å²) in [4.78, 5) is 0. The van der Waals surface area contributed by atoms with Gasteiger partial charge >= 0.3 is 0 Å². The third-order valence-electron chi connectivity index (χ3n) is 3.13. The molecule has 0 aliphatic carbocycles. The molecule has 1 heterocycles. The molecule has 0 aliphatic rings. The molecule has 2 aromatic carbocycles. The van der Waals surface area contributed by atoms with E-state index in [-0.39, 0.29) is 6.61 Å². The molecular formula is C16H15N3O. The zero-order chi connectivity index (χ0) is 13.8. The largest absolute Gasteiger partial charge is 0.395 e. The summed E-state index contributed by atoms with van der Waals surface area (Å²) in [6.45, 7) is 0.554. The first kappa shape index (κ1) is 12.6. The van der Waals surface area contributed by atoms with Gasteiger partial charge in [0.1, 0.15) is 5.82 Å². The summed E-state index contributed by atoms with van der Waals surface area (Å²) in [7, 11) is 0. The molecule has 0 spiro atoms. The van der Waals surface area contributed by atoms with E-state index in [4.69, 9.17) is 5.11 Å². The quantitative estimate of drug-likeness (QED) is 0.761. The molecule has 0 amide bonds. The van der Waals surface area contributed by atoms with Gasteiger partial charge in [0.2, 0.25) is 0 Å². The van der Waals surface area contributed by atoms with Crippen LogP contribution in [0.3, 0.4) is 0 Å². The van der Waals surface area contributed by atoms with Crippen LogP contribution in [0.4, 0.5) is 5.82 Å². The first-order chi connectivity index (χ1) is 9.86. The highest BCUT2D eigenvalue weighted by molar-refractivity contribution is 5.86. The second-order valence-corrected chi connectivity index (χ2v) is 4.52. The van der Waals surface area contributed by atoms with Crippen LogP contribution in [-0.2, 0) is 0 Å².